The van der Waals surface area contributed by atoms with Gasteiger partial charge in [-0.2, -0.15) is 5.26 Å². The molecule has 0 aliphatic heterocycles. The predicted molar refractivity (Wildman–Crippen MR) is 105 cm³/mol. The number of hydrogen-bond donors (Lipinski definition) is 2. The van der Waals surface area contributed by atoms with Crippen molar-refractivity contribution in [1.29, 1.82) is 5.26 Å². The number of nitrogen functional groups attached to an aromatic ring is 1. The number of benzene rings is 2. The molecule has 0 aliphatic rings. The topological polar surface area (TPSA) is 110 Å². The number of ether oxygens (including phenoxy) is 1. The summed E-state index contributed by atoms with van der Waals surface area (Å²) in [4.78, 5) is 24.7. The monoisotopic (exact) mass is 374 g/mol. The third-order valence-electron chi connectivity index (χ3n) is 4.14. The summed E-state index contributed by atoms with van der Waals surface area (Å²) in [7, 11) is 1.54. The summed E-state index contributed by atoms with van der Waals surface area (Å²) in [5.74, 6) is -0.328. The zero-order valence-corrected chi connectivity index (χ0v) is 15.2. The average molecular weight is 374 g/mol. The molecule has 140 valence electrons. The van der Waals surface area contributed by atoms with Gasteiger partial charge in [-0.3, -0.25) is 9.59 Å². The highest BCUT2D eigenvalue weighted by molar-refractivity contribution is 6.11. The smallest absolute Gasteiger partial charge is 0.232 e. The number of hydrogen-bond acceptors (Lipinski definition) is 5. The molecule has 1 heterocycles. The van der Waals surface area contributed by atoms with Crippen LogP contribution >= 0.6 is 0 Å². The Kier molecular flexibility index (Phi) is 5.42. The Bertz CT molecular complexity index is 1070. The Morgan fingerprint density at radius 2 is 1.93 bits per heavy atom. The maximum atomic E-state index is 12.4. The lowest BCUT2D eigenvalue weighted by Gasteiger charge is -2.15. The predicted octanol–water partition coefficient (Wildman–Crippen LogP) is 3.15. The van der Waals surface area contributed by atoms with E-state index in [1.54, 1.807) is 30.3 Å². The van der Waals surface area contributed by atoms with Gasteiger partial charge in [0.15, 0.2) is 5.78 Å². The van der Waals surface area contributed by atoms with Crippen LogP contribution in [0.1, 0.15) is 22.3 Å². The number of carbonyl (C=O) groups excluding carboxylic acids is 2. The van der Waals surface area contributed by atoms with Crippen molar-refractivity contribution in [1.82, 2.24) is 4.57 Å². The van der Waals surface area contributed by atoms with Crippen LogP contribution in [0.4, 0.5) is 11.4 Å². The third-order valence-corrected chi connectivity index (χ3v) is 4.14. The number of nitrogens with one attached hydrogen (secondary N) is 1. The second-order valence-corrected chi connectivity index (χ2v) is 6.04. The van der Waals surface area contributed by atoms with E-state index in [1.807, 2.05) is 35.2 Å². The summed E-state index contributed by atoms with van der Waals surface area (Å²) in [6.07, 6.45) is 3.32. The number of anilines is 2. The van der Waals surface area contributed by atoms with Crippen LogP contribution < -0.4 is 15.8 Å². The second-order valence-electron chi connectivity index (χ2n) is 6.04. The second kappa shape index (κ2) is 8.10. The normalized spacial score (nSPS) is 10.1. The van der Waals surface area contributed by atoms with Crippen LogP contribution in [0.3, 0.4) is 0 Å². The van der Waals surface area contributed by atoms with Crippen LogP contribution in [-0.4, -0.2) is 23.4 Å². The number of ketones is 1. The lowest BCUT2D eigenvalue weighted by Crippen LogP contribution is -2.18. The zero-order chi connectivity index (χ0) is 20.1. The van der Waals surface area contributed by atoms with Gasteiger partial charge in [0.05, 0.1) is 42.2 Å². The Morgan fingerprint density at radius 3 is 2.61 bits per heavy atom. The molecule has 28 heavy (non-hydrogen) atoms. The van der Waals surface area contributed by atoms with Gasteiger partial charge in [0, 0.05) is 24.0 Å². The molecule has 0 atom stereocenters. The van der Waals surface area contributed by atoms with E-state index in [0.717, 1.165) is 0 Å². The third kappa shape index (κ3) is 4.02. The van der Waals surface area contributed by atoms with E-state index in [2.05, 4.69) is 5.32 Å². The fraction of sp³-hybridized carbons (Fsp3) is 0.0952. The van der Waals surface area contributed by atoms with Crippen LogP contribution in [0.2, 0.25) is 0 Å². The van der Waals surface area contributed by atoms with Crippen molar-refractivity contribution in [2.45, 2.75) is 6.42 Å². The van der Waals surface area contributed by atoms with Gasteiger partial charge in [0.2, 0.25) is 5.91 Å². The van der Waals surface area contributed by atoms with Crippen LogP contribution in [0.5, 0.6) is 5.75 Å². The molecule has 0 unspecified atom stereocenters. The van der Waals surface area contributed by atoms with Crippen LogP contribution in [-0.2, 0) is 4.79 Å². The van der Waals surface area contributed by atoms with E-state index in [4.69, 9.17) is 15.7 Å². The Hall–Kier alpha value is -4.05. The summed E-state index contributed by atoms with van der Waals surface area (Å²) >= 11 is 0. The van der Waals surface area contributed by atoms with Gasteiger partial charge in [-0.1, -0.05) is 12.1 Å². The molecule has 0 radical (unpaired) electrons. The summed E-state index contributed by atoms with van der Waals surface area (Å²) in [5, 5.41) is 11.6. The number of nitriles is 1. The van der Waals surface area contributed by atoms with E-state index in [0.29, 0.717) is 33.9 Å². The summed E-state index contributed by atoms with van der Waals surface area (Å²) in [6, 6.07) is 15.2. The lowest BCUT2D eigenvalue weighted by molar-refractivity contribution is -0.115. The highest BCUT2D eigenvalue weighted by Crippen LogP contribution is 2.32. The van der Waals surface area contributed by atoms with Crippen LogP contribution in [0, 0.1) is 11.3 Å². The van der Waals surface area contributed by atoms with Gasteiger partial charge in [-0.15, -0.1) is 0 Å². The standard InChI is InChI=1S/C21H18N4O3/c1-28-20-10-16(23)17(11-18(20)25-7-2-3-8-25)24-21(27)12-19(26)15-6-4-5-14(9-15)13-22/h2-11H,12,23H2,1H3,(H,24,27). The first-order chi connectivity index (χ1) is 13.5. The molecule has 0 saturated heterocycles. The molecule has 7 heteroatoms. The fourth-order valence-corrected chi connectivity index (χ4v) is 2.76. The number of carbonyl (C=O) groups is 2. The summed E-state index contributed by atoms with van der Waals surface area (Å²) in [5.41, 5.74) is 8.10. The van der Waals surface area contributed by atoms with E-state index in [9.17, 15) is 9.59 Å². The molecule has 1 amide bonds. The number of aromatic nitrogens is 1. The fourth-order valence-electron chi connectivity index (χ4n) is 2.76. The molecule has 7 nitrogen and oxygen atoms in total. The van der Waals surface area contributed by atoms with Gasteiger partial charge >= 0.3 is 0 Å². The van der Waals surface area contributed by atoms with Crippen molar-refractivity contribution in [3.8, 4) is 17.5 Å². The lowest BCUT2D eigenvalue weighted by atomic mass is 10.1. The molecule has 3 aromatic rings. The number of amides is 1. The van der Waals surface area contributed by atoms with Crippen molar-refractivity contribution in [2.75, 3.05) is 18.2 Å². The van der Waals surface area contributed by atoms with Gasteiger partial charge in [-0.25, -0.2) is 0 Å². The van der Waals surface area contributed by atoms with Gasteiger partial charge < -0.3 is 20.4 Å². The highest BCUT2D eigenvalue weighted by atomic mass is 16.5. The molecule has 0 fully saturated rings. The minimum Gasteiger partial charge on any atom is -0.494 e. The zero-order valence-electron chi connectivity index (χ0n) is 15.2. The molecule has 1 aromatic heterocycles. The minimum atomic E-state index is -0.498. The van der Waals surface area contributed by atoms with Crippen LogP contribution in [0.25, 0.3) is 5.69 Å². The number of nitrogens with zero attached hydrogens (tertiary/aromatic N) is 2. The van der Waals surface area contributed by atoms with E-state index < -0.39 is 5.91 Å². The molecule has 0 saturated carbocycles. The summed E-state index contributed by atoms with van der Waals surface area (Å²) in [6.45, 7) is 0. The van der Waals surface area contributed by atoms with E-state index >= 15 is 0 Å². The molecule has 0 spiro atoms. The first-order valence-electron chi connectivity index (χ1n) is 8.46. The first-order valence-corrected chi connectivity index (χ1v) is 8.46. The van der Waals surface area contributed by atoms with Gasteiger partial charge in [-0.05, 0) is 30.3 Å². The van der Waals surface area contributed by atoms with Crippen molar-refractivity contribution in [2.24, 2.45) is 0 Å². The largest absolute Gasteiger partial charge is 0.494 e. The van der Waals surface area contributed by atoms with Crippen molar-refractivity contribution < 1.29 is 14.3 Å². The number of Topliss-reactive ketones (excluding diaryl/α,β-unsaturated/α-hetero) is 1. The first kappa shape index (κ1) is 18.7. The highest BCUT2D eigenvalue weighted by Gasteiger charge is 2.16. The van der Waals surface area contributed by atoms with Crippen molar-refractivity contribution in [3.63, 3.8) is 0 Å². The molecule has 0 aliphatic carbocycles. The average Bonchev–Trinajstić information content (AvgIpc) is 3.23. The Morgan fingerprint density at radius 1 is 1.18 bits per heavy atom. The molecule has 0 bridgehead atoms. The van der Waals surface area contributed by atoms with Crippen LogP contribution in [0.15, 0.2) is 60.9 Å². The maximum absolute atomic E-state index is 12.4. The molecular weight excluding hydrogens is 356 g/mol. The van der Waals surface area contributed by atoms with E-state index in [1.165, 1.54) is 13.2 Å². The minimum absolute atomic E-state index is 0.310. The SMILES string of the molecule is COc1cc(N)c(NC(=O)CC(=O)c2cccc(C#N)c2)cc1-n1cccc1. The van der Waals surface area contributed by atoms with Gasteiger partial charge in [0.1, 0.15) is 5.75 Å². The summed E-state index contributed by atoms with van der Waals surface area (Å²) < 4.78 is 7.19. The Balaban J connectivity index is 1.79. The quantitative estimate of drug-likeness (QED) is 0.391. The van der Waals surface area contributed by atoms with E-state index in [-0.39, 0.29) is 12.2 Å². The maximum Gasteiger partial charge on any atom is 0.232 e. The molecule has 3 N–H and O–H groups in total. The van der Waals surface area contributed by atoms with Gasteiger partial charge in [0.25, 0.3) is 0 Å². The molecule has 2 aromatic carbocycles. The Labute approximate surface area is 162 Å². The number of rotatable bonds is 6. The van der Waals surface area contributed by atoms with Crippen molar-refractivity contribution >= 4 is 23.1 Å². The number of methoxy groups -OCH3 is 1. The molecule has 3 rings (SSSR count). The molecular formula is C21H18N4O3. The number of nitrogens with two attached hydrogens (primary N) is 1. The van der Waals surface area contributed by atoms with Crippen molar-refractivity contribution in [3.05, 3.63) is 72.1 Å².